The van der Waals surface area contributed by atoms with Crippen molar-refractivity contribution >= 4 is 79.0 Å². The number of hydrogen-bond donors (Lipinski definition) is 6. The van der Waals surface area contributed by atoms with Gasteiger partial charge in [0.15, 0.2) is 0 Å². The molecule has 8 rings (SSSR count). The molecule has 2 fully saturated rings. The predicted molar refractivity (Wildman–Crippen MR) is 245 cm³/mol. The zero-order valence-corrected chi connectivity index (χ0v) is 36.4. The maximum absolute atomic E-state index is 12.8. The van der Waals surface area contributed by atoms with E-state index in [4.69, 9.17) is 9.47 Å². The minimum absolute atomic E-state index is 0.0828. The van der Waals surface area contributed by atoms with Crippen LogP contribution in [0, 0.1) is 0 Å². The highest BCUT2D eigenvalue weighted by Crippen LogP contribution is 2.36. The topological polar surface area (TPSA) is 188 Å². The number of nitrogens with zero attached hydrogens (tertiary/aromatic N) is 4. The van der Waals surface area contributed by atoms with Crippen LogP contribution in [-0.2, 0) is 29.7 Å². The summed E-state index contributed by atoms with van der Waals surface area (Å²) >= 11 is 2.80. The Balaban J connectivity index is 1.02. The van der Waals surface area contributed by atoms with Gasteiger partial charge in [0, 0.05) is 61.4 Å². The highest BCUT2D eigenvalue weighted by molar-refractivity contribution is 8.01. The Bertz CT molecular complexity index is 2450. The fraction of sp³-hybridized carbons (Fsp3) is 0.190. The van der Waals surface area contributed by atoms with Crippen LogP contribution in [-0.4, -0.2) is 97.2 Å². The lowest BCUT2D eigenvalue weighted by molar-refractivity contribution is 0.0574. The third kappa shape index (κ3) is 11.3. The summed E-state index contributed by atoms with van der Waals surface area (Å²) in [5, 5.41) is 8.71. The Hall–Kier alpha value is -5.58. The molecule has 0 atom stereocenters. The van der Waals surface area contributed by atoms with Crippen molar-refractivity contribution in [3.8, 4) is 0 Å². The lowest BCUT2D eigenvalue weighted by atomic mass is 10.1. The van der Waals surface area contributed by atoms with Crippen molar-refractivity contribution in [2.75, 3.05) is 74.1 Å². The number of morpholine rings is 2. The molecule has 2 saturated heterocycles. The molecule has 4 heterocycles. The number of ether oxygens (including phenoxy) is 2. The second-order valence-corrected chi connectivity index (χ2v) is 18.9. The third-order valence-electron chi connectivity index (χ3n) is 9.73. The molecular formula is C42H44N8O8S4. The molecule has 0 saturated carbocycles. The van der Waals surface area contributed by atoms with Crippen LogP contribution in [0.25, 0.3) is 12.2 Å². The van der Waals surface area contributed by atoms with E-state index in [1.807, 2.05) is 85.2 Å². The van der Waals surface area contributed by atoms with Crippen molar-refractivity contribution in [1.29, 1.82) is 0 Å². The van der Waals surface area contributed by atoms with Gasteiger partial charge in [0.05, 0.1) is 71.7 Å². The Morgan fingerprint density at radius 2 is 0.919 bits per heavy atom. The molecule has 4 aromatic rings. The summed E-state index contributed by atoms with van der Waals surface area (Å²) < 4.78 is 86.5. The number of allylic oxidation sites excluding steroid dienone is 2. The molecule has 0 aromatic heterocycles. The maximum Gasteiger partial charge on any atom is 0.295 e. The van der Waals surface area contributed by atoms with Gasteiger partial charge < -0.3 is 29.9 Å². The van der Waals surface area contributed by atoms with E-state index < -0.39 is 30.0 Å². The molecule has 4 aromatic carbocycles. The Morgan fingerprint density at radius 1 is 0.532 bits per heavy atom. The van der Waals surface area contributed by atoms with E-state index in [2.05, 4.69) is 31.3 Å². The van der Waals surface area contributed by atoms with Gasteiger partial charge in [-0.1, -0.05) is 60.7 Å². The Kier molecular flexibility index (Phi) is 13.4. The smallest absolute Gasteiger partial charge is 0.295 e. The van der Waals surface area contributed by atoms with Gasteiger partial charge in [0.25, 0.3) is 20.2 Å². The van der Waals surface area contributed by atoms with Gasteiger partial charge in [-0.25, -0.2) is 8.83 Å². The molecule has 0 bridgehead atoms. The van der Waals surface area contributed by atoms with Crippen LogP contribution in [0.3, 0.4) is 0 Å². The van der Waals surface area contributed by atoms with Crippen molar-refractivity contribution < 1.29 is 35.4 Å². The quantitative estimate of drug-likeness (QED) is 0.0424. The average molecular weight is 917 g/mol. The normalized spacial score (nSPS) is 17.5. The van der Waals surface area contributed by atoms with Gasteiger partial charge in [0.2, 0.25) is 0 Å². The number of benzene rings is 4. The molecule has 4 aliphatic rings. The standard InChI is InChI=1S/C42H44N8O8S4/c51-61(52,53)39-25-35(45-49-29-37(43-33-7-3-1-4-8-33)27-41(59-49)47-17-21-57-22-18-47)15-13-31(39)11-12-32-14-16-36(26-40(32)62(54,55)56)46-50-30-38(44-34-9-5-2-6-10-34)28-42(60-50)48-19-23-58-24-20-48/h1-16,25-30,43-46H,17-24H2,(H,51,52,53)(H,54,55,56)/b12-11+. The van der Waals surface area contributed by atoms with E-state index in [1.54, 1.807) is 21.0 Å². The van der Waals surface area contributed by atoms with Crippen LogP contribution in [0.4, 0.5) is 22.7 Å². The van der Waals surface area contributed by atoms with E-state index in [0.29, 0.717) is 64.0 Å². The fourth-order valence-electron chi connectivity index (χ4n) is 6.75. The van der Waals surface area contributed by atoms with Gasteiger partial charge in [-0.3, -0.25) is 20.0 Å². The average Bonchev–Trinajstić information content (AvgIpc) is 3.27. The van der Waals surface area contributed by atoms with Crippen molar-refractivity contribution in [1.82, 2.24) is 18.6 Å². The molecule has 16 nitrogen and oxygen atoms in total. The molecule has 0 amide bonds. The van der Waals surface area contributed by atoms with Crippen LogP contribution in [0.15, 0.2) is 153 Å². The minimum Gasteiger partial charge on any atom is -0.378 e. The summed E-state index contributed by atoms with van der Waals surface area (Å²) in [6.45, 7) is 5.17. The Labute approximate surface area is 369 Å². The second kappa shape index (κ2) is 19.2. The Morgan fingerprint density at radius 3 is 1.29 bits per heavy atom. The number of anilines is 4. The first-order chi connectivity index (χ1) is 29.9. The highest BCUT2D eigenvalue weighted by Gasteiger charge is 2.25. The number of para-hydroxylation sites is 2. The van der Waals surface area contributed by atoms with E-state index in [1.165, 1.54) is 60.3 Å². The van der Waals surface area contributed by atoms with Gasteiger partial charge in [-0.15, -0.1) is 0 Å². The first-order valence-corrected chi connectivity index (χ1v) is 23.9. The summed E-state index contributed by atoms with van der Waals surface area (Å²) in [6, 6.07) is 28.2. The van der Waals surface area contributed by atoms with Crippen LogP contribution < -0.4 is 21.5 Å². The zero-order valence-electron chi connectivity index (χ0n) is 33.1. The lowest BCUT2D eigenvalue weighted by Crippen LogP contribution is -2.37. The lowest BCUT2D eigenvalue weighted by Gasteiger charge is -2.35. The molecule has 0 unspecified atom stereocenters. The summed E-state index contributed by atoms with van der Waals surface area (Å²) in [5.74, 6) is 0. The number of hydrazine groups is 2. The molecule has 62 heavy (non-hydrogen) atoms. The summed E-state index contributed by atoms with van der Waals surface area (Å²) in [6.07, 6.45) is 10.5. The molecular weight excluding hydrogens is 873 g/mol. The molecule has 6 N–H and O–H groups in total. The van der Waals surface area contributed by atoms with Crippen molar-refractivity contribution in [3.05, 3.63) is 154 Å². The van der Waals surface area contributed by atoms with E-state index in [-0.39, 0.29) is 11.1 Å². The number of rotatable bonds is 14. The van der Waals surface area contributed by atoms with E-state index in [9.17, 15) is 25.9 Å². The van der Waals surface area contributed by atoms with Crippen LogP contribution in [0.1, 0.15) is 11.1 Å². The van der Waals surface area contributed by atoms with Crippen molar-refractivity contribution in [2.24, 2.45) is 0 Å². The largest absolute Gasteiger partial charge is 0.378 e. The molecule has 20 heteroatoms. The SMILES string of the molecule is O=S(=O)(O)c1cc(NN2C=C(Nc3ccccc3)C=C(N3CCOCC3)S2)ccc1/C=C/c1ccc(NN2C=C(Nc3ccccc3)C=C(N3CCOCC3)S2)cc1S(=O)(=O)O. The zero-order chi connectivity index (χ0) is 43.1. The molecule has 324 valence electrons. The van der Waals surface area contributed by atoms with Crippen LogP contribution in [0.5, 0.6) is 0 Å². The second-order valence-electron chi connectivity index (χ2n) is 14.2. The first-order valence-electron chi connectivity index (χ1n) is 19.5. The third-order valence-corrected chi connectivity index (χ3v) is 13.5. The van der Waals surface area contributed by atoms with Crippen molar-refractivity contribution in [2.45, 2.75) is 9.79 Å². The highest BCUT2D eigenvalue weighted by atomic mass is 32.2. The van der Waals surface area contributed by atoms with Gasteiger partial charge in [-0.05, 0) is 71.8 Å². The molecule has 0 aliphatic carbocycles. The first kappa shape index (κ1) is 43.1. The summed E-state index contributed by atoms with van der Waals surface area (Å²) in [4.78, 5) is 3.57. The van der Waals surface area contributed by atoms with Crippen molar-refractivity contribution in [3.63, 3.8) is 0 Å². The van der Waals surface area contributed by atoms with Crippen LogP contribution in [0.2, 0.25) is 0 Å². The fourth-order valence-corrected chi connectivity index (χ4v) is 10.2. The molecule has 0 radical (unpaired) electrons. The van der Waals surface area contributed by atoms with Gasteiger partial charge in [-0.2, -0.15) is 16.8 Å². The monoisotopic (exact) mass is 916 g/mol. The molecule has 4 aliphatic heterocycles. The summed E-state index contributed by atoms with van der Waals surface area (Å²) in [5.41, 5.74) is 10.6. The van der Waals surface area contributed by atoms with Gasteiger partial charge >= 0.3 is 0 Å². The number of nitrogens with one attached hydrogen (secondary N) is 4. The van der Waals surface area contributed by atoms with E-state index >= 15 is 0 Å². The van der Waals surface area contributed by atoms with Crippen LogP contribution >= 0.6 is 23.9 Å². The minimum atomic E-state index is -4.77. The maximum atomic E-state index is 12.8. The molecule has 0 spiro atoms. The van der Waals surface area contributed by atoms with E-state index in [0.717, 1.165) is 32.8 Å². The number of hydrogen-bond acceptors (Lipinski definition) is 16. The van der Waals surface area contributed by atoms with Gasteiger partial charge in [0.1, 0.15) is 9.79 Å². The summed E-state index contributed by atoms with van der Waals surface area (Å²) in [7, 11) is -9.54. The predicted octanol–water partition coefficient (Wildman–Crippen LogP) is 7.19.